The van der Waals surface area contributed by atoms with E-state index >= 15 is 0 Å². The van der Waals surface area contributed by atoms with Crippen molar-refractivity contribution >= 4 is 21.8 Å². The third kappa shape index (κ3) is 6.74. The highest BCUT2D eigenvalue weighted by atomic mass is 32.2. The molecule has 20 heavy (non-hydrogen) atoms. The zero-order valence-corrected chi connectivity index (χ0v) is 13.2. The number of carboxylic acid groups (broad SMARTS) is 1. The molecule has 2 amide bonds. The number of amides is 2. The summed E-state index contributed by atoms with van der Waals surface area (Å²) >= 11 is 0. The van der Waals surface area contributed by atoms with Gasteiger partial charge >= 0.3 is 12.0 Å². The number of nitrogens with one attached hydrogen (secondary N) is 1. The van der Waals surface area contributed by atoms with Crippen LogP contribution in [0.1, 0.15) is 33.6 Å². The molecule has 8 heteroatoms. The molecule has 7 nitrogen and oxygen atoms in total. The fraction of sp³-hybridized carbons (Fsp3) is 0.833. The van der Waals surface area contributed by atoms with Crippen LogP contribution in [0.15, 0.2) is 0 Å². The molecular formula is C12H24N2O5S. The molecule has 0 aliphatic rings. The maximum absolute atomic E-state index is 12.0. The molecule has 0 aliphatic heterocycles. The lowest BCUT2D eigenvalue weighted by Gasteiger charge is -2.28. The number of nitrogens with zero attached hydrogens (tertiary/aromatic N) is 1. The van der Waals surface area contributed by atoms with E-state index in [2.05, 4.69) is 5.32 Å². The number of carbonyl (C=O) groups is 2. The van der Waals surface area contributed by atoms with Gasteiger partial charge in [-0.15, -0.1) is 0 Å². The van der Waals surface area contributed by atoms with Crippen molar-refractivity contribution in [3.8, 4) is 0 Å². The summed E-state index contributed by atoms with van der Waals surface area (Å²) in [6.45, 7) is 6.06. The van der Waals surface area contributed by atoms with Crippen LogP contribution in [0.4, 0.5) is 4.79 Å². The Morgan fingerprint density at radius 1 is 1.30 bits per heavy atom. The molecule has 2 N–H and O–H groups in total. The number of hydrogen-bond donors (Lipinski definition) is 2. The molecule has 118 valence electrons. The first kappa shape index (κ1) is 18.7. The van der Waals surface area contributed by atoms with Gasteiger partial charge in [-0.05, 0) is 26.7 Å². The summed E-state index contributed by atoms with van der Waals surface area (Å²) in [5, 5.41) is 11.4. The molecule has 0 heterocycles. The minimum absolute atomic E-state index is 0.00986. The fourth-order valence-electron chi connectivity index (χ4n) is 1.70. The van der Waals surface area contributed by atoms with E-state index in [4.69, 9.17) is 5.11 Å². The minimum Gasteiger partial charge on any atom is -0.480 e. The molecule has 2 unspecified atom stereocenters. The van der Waals surface area contributed by atoms with Crippen molar-refractivity contribution in [2.45, 2.75) is 45.7 Å². The van der Waals surface area contributed by atoms with Crippen LogP contribution in [0.2, 0.25) is 0 Å². The van der Waals surface area contributed by atoms with E-state index in [1.54, 1.807) is 6.92 Å². The van der Waals surface area contributed by atoms with Crippen molar-refractivity contribution < 1.29 is 23.1 Å². The van der Waals surface area contributed by atoms with Crippen molar-refractivity contribution in [3.63, 3.8) is 0 Å². The summed E-state index contributed by atoms with van der Waals surface area (Å²) < 4.78 is 22.1. The maximum Gasteiger partial charge on any atom is 0.326 e. The average molecular weight is 308 g/mol. The van der Waals surface area contributed by atoms with Gasteiger partial charge in [0.2, 0.25) is 0 Å². The fourth-order valence-corrected chi connectivity index (χ4v) is 2.36. The first-order valence-electron chi connectivity index (χ1n) is 6.60. The Labute approximate surface area is 120 Å². The van der Waals surface area contributed by atoms with Crippen LogP contribution in [0.25, 0.3) is 0 Å². The number of urea groups is 1. The van der Waals surface area contributed by atoms with Crippen LogP contribution in [0.3, 0.4) is 0 Å². The molecule has 0 aromatic carbocycles. The summed E-state index contributed by atoms with van der Waals surface area (Å²) in [4.78, 5) is 24.6. The summed E-state index contributed by atoms with van der Waals surface area (Å²) in [6.07, 6.45) is 1.64. The Morgan fingerprint density at radius 3 is 2.20 bits per heavy atom. The standard InChI is InChI=1S/C12H24N2O5S/c1-5-9(3)14(6-2)12(17)13-10(11(15)16)7-8-20(4,18)19/h9-10H,5-8H2,1-4H3,(H,13,17)(H,15,16). The molecular weight excluding hydrogens is 284 g/mol. The Hall–Kier alpha value is -1.31. The molecule has 0 bridgehead atoms. The van der Waals surface area contributed by atoms with Crippen LogP contribution >= 0.6 is 0 Å². The molecule has 0 aliphatic carbocycles. The highest BCUT2D eigenvalue weighted by Crippen LogP contribution is 2.05. The van der Waals surface area contributed by atoms with Gasteiger partial charge in [-0.3, -0.25) is 0 Å². The highest BCUT2D eigenvalue weighted by molar-refractivity contribution is 7.90. The first-order valence-corrected chi connectivity index (χ1v) is 8.66. The van der Waals surface area contributed by atoms with E-state index in [-0.39, 0.29) is 18.2 Å². The number of aliphatic carboxylic acids is 1. The minimum atomic E-state index is -3.26. The number of carboxylic acids is 1. The molecule has 0 spiro atoms. The van der Waals surface area contributed by atoms with Crippen molar-refractivity contribution in [3.05, 3.63) is 0 Å². The average Bonchev–Trinajstić information content (AvgIpc) is 2.33. The molecule has 0 rings (SSSR count). The number of sulfone groups is 1. The quantitative estimate of drug-likeness (QED) is 0.687. The predicted octanol–water partition coefficient (Wildman–Crippen LogP) is 0.704. The third-order valence-electron chi connectivity index (χ3n) is 3.10. The van der Waals surface area contributed by atoms with E-state index < -0.39 is 27.9 Å². The second-order valence-electron chi connectivity index (χ2n) is 4.80. The third-order valence-corrected chi connectivity index (χ3v) is 4.07. The van der Waals surface area contributed by atoms with Crippen LogP contribution in [-0.2, 0) is 14.6 Å². The van der Waals surface area contributed by atoms with Gasteiger partial charge in [0.05, 0.1) is 5.75 Å². The molecule has 2 atom stereocenters. The number of carbonyl (C=O) groups excluding carboxylic acids is 1. The first-order chi connectivity index (χ1) is 9.12. The predicted molar refractivity (Wildman–Crippen MR) is 76.4 cm³/mol. The molecule has 0 fully saturated rings. The second kappa shape index (κ2) is 8.08. The lowest BCUT2D eigenvalue weighted by Crippen LogP contribution is -2.51. The number of hydrogen-bond acceptors (Lipinski definition) is 4. The van der Waals surface area contributed by atoms with Gasteiger partial charge in [0, 0.05) is 18.8 Å². The van der Waals surface area contributed by atoms with Crippen LogP contribution in [0.5, 0.6) is 0 Å². The smallest absolute Gasteiger partial charge is 0.326 e. The molecule has 0 saturated heterocycles. The van der Waals surface area contributed by atoms with Gasteiger partial charge < -0.3 is 15.3 Å². The van der Waals surface area contributed by atoms with E-state index in [9.17, 15) is 18.0 Å². The van der Waals surface area contributed by atoms with Gasteiger partial charge in [0.1, 0.15) is 15.9 Å². The summed E-state index contributed by atoms with van der Waals surface area (Å²) in [5.74, 6) is -1.51. The van der Waals surface area contributed by atoms with E-state index in [1.807, 2.05) is 13.8 Å². The van der Waals surface area contributed by atoms with Gasteiger partial charge in [0.15, 0.2) is 0 Å². The maximum atomic E-state index is 12.0. The zero-order chi connectivity index (χ0) is 15.9. The van der Waals surface area contributed by atoms with Crippen LogP contribution < -0.4 is 5.32 Å². The van der Waals surface area contributed by atoms with Crippen molar-refractivity contribution in [1.82, 2.24) is 10.2 Å². The van der Waals surface area contributed by atoms with Gasteiger partial charge in [0.25, 0.3) is 0 Å². The van der Waals surface area contributed by atoms with Gasteiger partial charge in [-0.25, -0.2) is 18.0 Å². The van der Waals surface area contributed by atoms with Crippen molar-refractivity contribution in [2.24, 2.45) is 0 Å². The summed E-state index contributed by atoms with van der Waals surface area (Å²) in [6, 6.07) is -1.69. The highest BCUT2D eigenvalue weighted by Gasteiger charge is 2.25. The summed E-state index contributed by atoms with van der Waals surface area (Å²) in [7, 11) is -3.26. The largest absolute Gasteiger partial charge is 0.480 e. The second-order valence-corrected chi connectivity index (χ2v) is 7.06. The van der Waals surface area contributed by atoms with Gasteiger partial charge in [-0.1, -0.05) is 6.92 Å². The number of rotatable bonds is 8. The van der Waals surface area contributed by atoms with Gasteiger partial charge in [-0.2, -0.15) is 0 Å². The van der Waals surface area contributed by atoms with Crippen molar-refractivity contribution in [1.29, 1.82) is 0 Å². The topological polar surface area (TPSA) is 104 Å². The molecule has 0 aromatic rings. The molecule has 0 saturated carbocycles. The van der Waals surface area contributed by atoms with E-state index in [1.165, 1.54) is 4.90 Å². The van der Waals surface area contributed by atoms with Crippen molar-refractivity contribution in [2.75, 3.05) is 18.6 Å². The SMILES string of the molecule is CCC(C)N(CC)C(=O)NC(CCS(C)(=O)=O)C(=O)O. The Bertz CT molecular complexity index is 435. The van der Waals surface area contributed by atoms with E-state index in [0.29, 0.717) is 6.54 Å². The van der Waals surface area contributed by atoms with Crippen LogP contribution in [0, 0.1) is 0 Å². The molecule has 0 radical (unpaired) electrons. The lowest BCUT2D eigenvalue weighted by atomic mass is 10.2. The Kier molecular flexibility index (Phi) is 7.55. The van der Waals surface area contributed by atoms with E-state index in [0.717, 1.165) is 12.7 Å². The zero-order valence-electron chi connectivity index (χ0n) is 12.4. The Balaban J connectivity index is 4.74. The Morgan fingerprint density at radius 2 is 1.85 bits per heavy atom. The summed E-state index contributed by atoms with van der Waals surface area (Å²) in [5.41, 5.74) is 0. The molecule has 0 aromatic heterocycles. The normalized spacial score (nSPS) is 14.4. The lowest BCUT2D eigenvalue weighted by molar-refractivity contribution is -0.139. The monoisotopic (exact) mass is 308 g/mol. The van der Waals surface area contributed by atoms with Crippen LogP contribution in [-0.4, -0.2) is 61.1 Å².